The van der Waals surface area contributed by atoms with Crippen molar-refractivity contribution >= 4 is 17.2 Å². The van der Waals surface area contributed by atoms with E-state index < -0.39 is 0 Å². The van der Waals surface area contributed by atoms with Crippen molar-refractivity contribution in [1.82, 2.24) is 9.88 Å². The zero-order valence-corrected chi connectivity index (χ0v) is 15.6. The quantitative estimate of drug-likeness (QED) is 0.825. The zero-order valence-electron chi connectivity index (χ0n) is 14.8. The summed E-state index contributed by atoms with van der Waals surface area (Å²) in [5, 5.41) is 3.27. The number of primary amides is 1. The van der Waals surface area contributed by atoms with Crippen LogP contribution < -0.4 is 5.73 Å². The normalized spacial score (nSPS) is 16.9. The number of thiazole rings is 1. The second kappa shape index (κ2) is 8.25. The lowest BCUT2D eigenvalue weighted by molar-refractivity contribution is -0.119. The minimum Gasteiger partial charge on any atom is -0.369 e. The fourth-order valence-corrected chi connectivity index (χ4v) is 4.13. The Morgan fingerprint density at radius 2 is 2.04 bits per heavy atom. The molecule has 0 aliphatic heterocycles. The second-order valence-corrected chi connectivity index (χ2v) is 8.72. The molecule has 1 aromatic rings. The zero-order chi connectivity index (χ0) is 16.9. The average molecular weight is 338 g/mol. The Morgan fingerprint density at radius 3 is 2.61 bits per heavy atom. The first-order valence-corrected chi connectivity index (χ1v) is 9.68. The summed E-state index contributed by atoms with van der Waals surface area (Å²) in [6.45, 7) is 8.53. The van der Waals surface area contributed by atoms with Gasteiger partial charge in [0.1, 0.15) is 0 Å². The fraction of sp³-hybridized carbons (Fsp3) is 0.778. The molecule has 1 aliphatic rings. The lowest BCUT2D eigenvalue weighted by Gasteiger charge is -2.26. The van der Waals surface area contributed by atoms with Crippen molar-refractivity contribution in [3.8, 4) is 0 Å². The van der Waals surface area contributed by atoms with Gasteiger partial charge in [-0.3, -0.25) is 9.69 Å². The Morgan fingerprint density at radius 1 is 1.35 bits per heavy atom. The largest absolute Gasteiger partial charge is 0.369 e. The molecule has 0 bridgehead atoms. The predicted molar refractivity (Wildman–Crippen MR) is 96.5 cm³/mol. The molecule has 130 valence electrons. The lowest BCUT2D eigenvalue weighted by atomic mass is 9.87. The van der Waals surface area contributed by atoms with Crippen molar-refractivity contribution < 1.29 is 4.79 Å². The summed E-state index contributed by atoms with van der Waals surface area (Å²) in [6.07, 6.45) is 7.97. The number of rotatable bonds is 7. The maximum Gasteiger partial charge on any atom is 0.231 e. The van der Waals surface area contributed by atoms with Crippen LogP contribution in [0.5, 0.6) is 0 Å². The Bertz CT molecular complexity index is 501. The van der Waals surface area contributed by atoms with Gasteiger partial charge >= 0.3 is 0 Å². The van der Waals surface area contributed by atoms with Crippen LogP contribution in [0.2, 0.25) is 0 Å². The van der Waals surface area contributed by atoms with E-state index in [0.29, 0.717) is 6.54 Å². The second-order valence-electron chi connectivity index (χ2n) is 7.86. The first-order chi connectivity index (χ1) is 10.8. The van der Waals surface area contributed by atoms with Gasteiger partial charge in [-0.15, -0.1) is 11.3 Å². The average Bonchev–Trinajstić information content (AvgIpc) is 2.94. The number of hydrogen-bond donors (Lipinski definition) is 1. The highest BCUT2D eigenvalue weighted by Gasteiger charge is 2.20. The van der Waals surface area contributed by atoms with Crippen LogP contribution in [0.25, 0.3) is 0 Å². The number of aromatic nitrogens is 1. The molecule has 0 aromatic carbocycles. The highest BCUT2D eigenvalue weighted by Crippen LogP contribution is 2.28. The Balaban J connectivity index is 1.92. The molecule has 1 aliphatic carbocycles. The van der Waals surface area contributed by atoms with E-state index >= 15 is 0 Å². The third kappa shape index (κ3) is 6.22. The van der Waals surface area contributed by atoms with E-state index in [1.807, 2.05) is 0 Å². The van der Waals surface area contributed by atoms with Crippen molar-refractivity contribution in [1.29, 1.82) is 0 Å². The molecule has 1 saturated carbocycles. The molecule has 0 radical (unpaired) electrons. The van der Waals surface area contributed by atoms with Crippen LogP contribution in [0, 0.1) is 5.92 Å². The topological polar surface area (TPSA) is 59.2 Å². The summed E-state index contributed by atoms with van der Waals surface area (Å²) in [6, 6.07) is 0. The number of amides is 1. The van der Waals surface area contributed by atoms with Gasteiger partial charge in [0.05, 0.1) is 17.2 Å². The van der Waals surface area contributed by atoms with Crippen LogP contribution in [0.15, 0.2) is 5.38 Å². The fourth-order valence-electron chi connectivity index (χ4n) is 3.23. The SMILES string of the molecule is CC(C)(C)c1nc(CN(CCC2CCCCC2)CC(N)=O)cs1. The van der Waals surface area contributed by atoms with Gasteiger partial charge in [0.15, 0.2) is 0 Å². The van der Waals surface area contributed by atoms with Gasteiger partial charge in [0, 0.05) is 17.3 Å². The molecule has 1 aromatic heterocycles. The Kier molecular flexibility index (Phi) is 6.60. The highest BCUT2D eigenvalue weighted by atomic mass is 32.1. The van der Waals surface area contributed by atoms with Gasteiger partial charge in [-0.2, -0.15) is 0 Å². The maximum atomic E-state index is 11.4. The minimum absolute atomic E-state index is 0.0829. The van der Waals surface area contributed by atoms with E-state index in [2.05, 4.69) is 31.1 Å². The van der Waals surface area contributed by atoms with Crippen LogP contribution in [-0.2, 0) is 16.8 Å². The van der Waals surface area contributed by atoms with Crippen molar-refractivity contribution in [3.63, 3.8) is 0 Å². The Hall–Kier alpha value is -0.940. The molecule has 23 heavy (non-hydrogen) atoms. The summed E-state index contributed by atoms with van der Waals surface area (Å²) in [7, 11) is 0. The molecule has 2 N–H and O–H groups in total. The lowest BCUT2D eigenvalue weighted by Crippen LogP contribution is -2.35. The van der Waals surface area contributed by atoms with Gasteiger partial charge < -0.3 is 5.73 Å². The molecule has 0 atom stereocenters. The maximum absolute atomic E-state index is 11.4. The van der Waals surface area contributed by atoms with Gasteiger partial charge in [-0.1, -0.05) is 52.9 Å². The van der Waals surface area contributed by atoms with Crippen LogP contribution >= 0.6 is 11.3 Å². The van der Waals surface area contributed by atoms with Gasteiger partial charge in [-0.25, -0.2) is 4.98 Å². The third-order valence-electron chi connectivity index (χ3n) is 4.54. The summed E-state index contributed by atoms with van der Waals surface area (Å²) in [4.78, 5) is 18.3. The molecule has 0 spiro atoms. The molecule has 1 fully saturated rings. The minimum atomic E-state index is -0.250. The number of carbonyl (C=O) groups is 1. The molecular weight excluding hydrogens is 306 g/mol. The Labute approximate surface area is 144 Å². The number of carbonyl (C=O) groups excluding carboxylic acids is 1. The molecule has 2 rings (SSSR count). The van der Waals surface area contributed by atoms with Crippen LogP contribution in [0.1, 0.15) is 70.0 Å². The highest BCUT2D eigenvalue weighted by molar-refractivity contribution is 7.09. The number of nitrogens with two attached hydrogens (primary N) is 1. The predicted octanol–water partition coefficient (Wildman–Crippen LogP) is 3.70. The standard InChI is InChI=1S/C18H31N3OS/c1-18(2,3)17-20-15(13-23-17)11-21(12-16(19)22)10-9-14-7-5-4-6-8-14/h13-14H,4-12H2,1-3H3,(H2,19,22). The van der Waals surface area contributed by atoms with E-state index in [-0.39, 0.29) is 11.3 Å². The molecule has 5 heteroatoms. The van der Waals surface area contributed by atoms with Crippen LogP contribution in [0.4, 0.5) is 0 Å². The van der Waals surface area contributed by atoms with E-state index in [1.54, 1.807) is 11.3 Å². The van der Waals surface area contributed by atoms with Crippen molar-refractivity contribution in [2.24, 2.45) is 11.7 Å². The van der Waals surface area contributed by atoms with Crippen molar-refractivity contribution in [3.05, 3.63) is 16.1 Å². The monoisotopic (exact) mass is 337 g/mol. The summed E-state index contributed by atoms with van der Waals surface area (Å²) >= 11 is 1.71. The van der Waals surface area contributed by atoms with E-state index in [1.165, 1.54) is 38.5 Å². The molecule has 1 amide bonds. The summed E-state index contributed by atoms with van der Waals surface area (Å²) in [5.74, 6) is 0.569. The molecule has 0 unspecified atom stereocenters. The first-order valence-electron chi connectivity index (χ1n) is 8.80. The van der Waals surface area contributed by atoms with Crippen LogP contribution in [-0.4, -0.2) is 28.9 Å². The van der Waals surface area contributed by atoms with E-state index in [9.17, 15) is 4.79 Å². The first kappa shape index (κ1) is 18.4. The smallest absolute Gasteiger partial charge is 0.231 e. The van der Waals surface area contributed by atoms with Gasteiger partial charge in [0.25, 0.3) is 0 Å². The number of nitrogens with zero attached hydrogens (tertiary/aromatic N) is 2. The molecule has 4 nitrogen and oxygen atoms in total. The van der Waals surface area contributed by atoms with E-state index in [0.717, 1.165) is 29.7 Å². The number of hydrogen-bond acceptors (Lipinski definition) is 4. The third-order valence-corrected chi connectivity index (χ3v) is 5.85. The molecule has 0 saturated heterocycles. The van der Waals surface area contributed by atoms with E-state index in [4.69, 9.17) is 10.7 Å². The van der Waals surface area contributed by atoms with Gasteiger partial charge in [-0.05, 0) is 18.9 Å². The molecular formula is C18H31N3OS. The van der Waals surface area contributed by atoms with Crippen molar-refractivity contribution in [2.75, 3.05) is 13.1 Å². The van der Waals surface area contributed by atoms with Crippen LogP contribution in [0.3, 0.4) is 0 Å². The van der Waals surface area contributed by atoms with Crippen molar-refractivity contribution in [2.45, 2.75) is 71.3 Å². The van der Waals surface area contributed by atoms with Gasteiger partial charge in [0.2, 0.25) is 5.91 Å². The summed E-state index contributed by atoms with van der Waals surface area (Å²) < 4.78 is 0. The molecule has 1 heterocycles. The summed E-state index contributed by atoms with van der Waals surface area (Å²) in [5.41, 5.74) is 6.57.